The van der Waals surface area contributed by atoms with Gasteiger partial charge in [-0.3, -0.25) is 4.90 Å². The molecule has 1 saturated heterocycles. The van der Waals surface area contributed by atoms with Crippen LogP contribution < -0.4 is 10.1 Å². The van der Waals surface area contributed by atoms with E-state index in [1.807, 2.05) is 0 Å². The zero-order valence-corrected chi connectivity index (χ0v) is 10.0. The Bertz CT molecular complexity index is 422. The molecule has 1 atom stereocenters. The Morgan fingerprint density at radius 1 is 1.22 bits per heavy atom. The third-order valence-electron chi connectivity index (χ3n) is 3.03. The minimum Gasteiger partial charge on any atom is -0.494 e. The highest BCUT2D eigenvalue weighted by molar-refractivity contribution is 5.32. The first-order valence-electron chi connectivity index (χ1n) is 5.76. The number of nitrogens with one attached hydrogen (secondary N) is 1. The van der Waals surface area contributed by atoms with Gasteiger partial charge >= 0.3 is 0 Å². The van der Waals surface area contributed by atoms with E-state index < -0.39 is 17.9 Å². The Morgan fingerprint density at radius 2 is 1.89 bits per heavy atom. The van der Waals surface area contributed by atoms with Crippen molar-refractivity contribution in [2.24, 2.45) is 0 Å². The van der Waals surface area contributed by atoms with Gasteiger partial charge < -0.3 is 10.1 Å². The number of methoxy groups -OCH3 is 1. The maximum atomic E-state index is 14.1. The fraction of sp³-hybridized carbons (Fsp3) is 0.500. The molecule has 0 bridgehead atoms. The lowest BCUT2D eigenvalue weighted by atomic mass is 10.1. The van der Waals surface area contributed by atoms with Crippen LogP contribution in [0.25, 0.3) is 0 Å². The molecule has 1 fully saturated rings. The molecule has 2 rings (SSSR count). The summed E-state index contributed by atoms with van der Waals surface area (Å²) >= 11 is 0. The van der Waals surface area contributed by atoms with Crippen molar-refractivity contribution in [3.05, 3.63) is 29.3 Å². The molecule has 1 aliphatic rings. The molecule has 0 aromatic heterocycles. The second kappa shape index (κ2) is 5.58. The summed E-state index contributed by atoms with van der Waals surface area (Å²) < 4.78 is 46.0. The van der Waals surface area contributed by atoms with E-state index in [0.717, 1.165) is 0 Å². The van der Waals surface area contributed by atoms with Crippen molar-refractivity contribution in [3.8, 4) is 5.75 Å². The second-order valence-electron chi connectivity index (χ2n) is 4.11. The van der Waals surface area contributed by atoms with E-state index in [4.69, 9.17) is 0 Å². The molecular formula is C12H15F3N2O. The number of halogens is 3. The van der Waals surface area contributed by atoms with Crippen molar-refractivity contribution >= 4 is 0 Å². The molecule has 1 heterocycles. The predicted molar refractivity (Wildman–Crippen MR) is 61.2 cm³/mol. The molecular weight excluding hydrogens is 245 g/mol. The molecule has 1 unspecified atom stereocenters. The standard InChI is InChI=1S/C12H15F3N2O/c1-18-9-3-2-8(10(13)11(9)14)12(15)17-6-4-16-5-7-17/h2-3,12,16H,4-7H2,1H3. The van der Waals surface area contributed by atoms with Gasteiger partial charge in [0.15, 0.2) is 17.9 Å². The predicted octanol–water partition coefficient (Wildman–Crippen LogP) is 1.85. The first-order chi connectivity index (χ1) is 8.65. The number of rotatable bonds is 3. The molecule has 1 aliphatic heterocycles. The van der Waals surface area contributed by atoms with Gasteiger partial charge in [-0.25, -0.2) is 8.78 Å². The van der Waals surface area contributed by atoms with Crippen molar-refractivity contribution in [1.29, 1.82) is 0 Å². The maximum absolute atomic E-state index is 14.1. The van der Waals surface area contributed by atoms with E-state index in [0.29, 0.717) is 26.2 Å². The lowest BCUT2D eigenvalue weighted by Crippen LogP contribution is -2.44. The van der Waals surface area contributed by atoms with Crippen LogP contribution in [0.3, 0.4) is 0 Å². The van der Waals surface area contributed by atoms with Crippen molar-refractivity contribution in [2.75, 3.05) is 33.3 Å². The van der Waals surface area contributed by atoms with E-state index in [2.05, 4.69) is 10.1 Å². The molecule has 0 saturated carbocycles. The lowest BCUT2D eigenvalue weighted by molar-refractivity contribution is 0.0663. The van der Waals surface area contributed by atoms with Crippen molar-refractivity contribution < 1.29 is 17.9 Å². The van der Waals surface area contributed by atoms with Crippen LogP contribution in [0.2, 0.25) is 0 Å². The van der Waals surface area contributed by atoms with E-state index in [1.54, 1.807) is 0 Å². The molecule has 0 spiro atoms. The summed E-state index contributed by atoms with van der Waals surface area (Å²) in [6.45, 7) is 2.21. The van der Waals surface area contributed by atoms with Gasteiger partial charge in [-0.15, -0.1) is 0 Å². The first kappa shape index (κ1) is 13.2. The number of alkyl halides is 1. The Labute approximate surface area is 104 Å². The smallest absolute Gasteiger partial charge is 0.201 e. The first-order valence-corrected chi connectivity index (χ1v) is 5.76. The van der Waals surface area contributed by atoms with Crippen LogP contribution in [0.4, 0.5) is 13.2 Å². The molecule has 0 amide bonds. The quantitative estimate of drug-likeness (QED) is 0.839. The van der Waals surface area contributed by atoms with Gasteiger partial charge in [0.25, 0.3) is 0 Å². The topological polar surface area (TPSA) is 24.5 Å². The van der Waals surface area contributed by atoms with E-state index in [-0.39, 0.29) is 11.3 Å². The SMILES string of the molecule is COc1ccc(C(F)N2CCNCC2)c(F)c1F. The van der Waals surface area contributed by atoms with Crippen LogP contribution in [-0.4, -0.2) is 38.2 Å². The Morgan fingerprint density at radius 3 is 2.50 bits per heavy atom. The monoisotopic (exact) mass is 260 g/mol. The summed E-state index contributed by atoms with van der Waals surface area (Å²) in [6.07, 6.45) is -1.63. The number of piperazine rings is 1. The molecule has 1 aromatic rings. The largest absolute Gasteiger partial charge is 0.494 e. The third-order valence-corrected chi connectivity index (χ3v) is 3.03. The number of benzene rings is 1. The lowest BCUT2D eigenvalue weighted by Gasteiger charge is -2.30. The molecule has 3 nitrogen and oxygen atoms in total. The van der Waals surface area contributed by atoms with Gasteiger partial charge in [-0.1, -0.05) is 0 Å². The highest BCUT2D eigenvalue weighted by Crippen LogP contribution is 2.30. The normalized spacial score (nSPS) is 18.7. The Kier molecular flexibility index (Phi) is 4.08. The zero-order chi connectivity index (χ0) is 13.1. The van der Waals surface area contributed by atoms with Gasteiger partial charge in [0.2, 0.25) is 5.82 Å². The molecule has 0 radical (unpaired) electrons. The maximum Gasteiger partial charge on any atom is 0.201 e. The van der Waals surface area contributed by atoms with Gasteiger partial charge in [0.1, 0.15) is 0 Å². The second-order valence-corrected chi connectivity index (χ2v) is 4.11. The Hall–Kier alpha value is -1.27. The number of hydrogen-bond donors (Lipinski definition) is 1. The van der Waals surface area contributed by atoms with Crippen molar-refractivity contribution in [3.63, 3.8) is 0 Å². The highest BCUT2D eigenvalue weighted by Gasteiger charge is 2.26. The summed E-state index contributed by atoms with van der Waals surface area (Å²) in [5.41, 5.74) is -0.282. The summed E-state index contributed by atoms with van der Waals surface area (Å²) in [6, 6.07) is 2.46. The fourth-order valence-electron chi connectivity index (χ4n) is 1.99. The van der Waals surface area contributed by atoms with Crippen LogP contribution in [0, 0.1) is 11.6 Å². The van der Waals surface area contributed by atoms with E-state index in [9.17, 15) is 13.2 Å². The van der Waals surface area contributed by atoms with Crippen LogP contribution >= 0.6 is 0 Å². The average Bonchev–Trinajstić information content (AvgIpc) is 2.42. The molecule has 6 heteroatoms. The van der Waals surface area contributed by atoms with Crippen LogP contribution in [0.5, 0.6) is 5.75 Å². The van der Waals surface area contributed by atoms with Crippen molar-refractivity contribution in [2.45, 2.75) is 6.30 Å². The zero-order valence-electron chi connectivity index (χ0n) is 10.0. The average molecular weight is 260 g/mol. The third kappa shape index (κ3) is 2.44. The Balaban J connectivity index is 2.24. The van der Waals surface area contributed by atoms with Gasteiger partial charge in [0, 0.05) is 31.7 Å². The molecule has 18 heavy (non-hydrogen) atoms. The number of hydrogen-bond acceptors (Lipinski definition) is 3. The van der Waals surface area contributed by atoms with Crippen molar-refractivity contribution in [1.82, 2.24) is 10.2 Å². The van der Waals surface area contributed by atoms with Gasteiger partial charge in [-0.05, 0) is 12.1 Å². The number of ether oxygens (including phenoxy) is 1. The van der Waals surface area contributed by atoms with Gasteiger partial charge in [-0.2, -0.15) is 4.39 Å². The van der Waals surface area contributed by atoms with Crippen LogP contribution in [-0.2, 0) is 0 Å². The fourth-order valence-corrected chi connectivity index (χ4v) is 1.99. The number of nitrogens with zero attached hydrogens (tertiary/aromatic N) is 1. The molecule has 100 valence electrons. The van der Waals surface area contributed by atoms with Crippen LogP contribution in [0.1, 0.15) is 11.9 Å². The highest BCUT2D eigenvalue weighted by atomic mass is 19.2. The summed E-state index contributed by atoms with van der Waals surface area (Å²) in [7, 11) is 1.24. The molecule has 1 aromatic carbocycles. The van der Waals surface area contributed by atoms with E-state index in [1.165, 1.54) is 24.1 Å². The summed E-state index contributed by atoms with van der Waals surface area (Å²) in [4.78, 5) is 1.47. The van der Waals surface area contributed by atoms with Gasteiger partial charge in [0.05, 0.1) is 7.11 Å². The van der Waals surface area contributed by atoms with Crippen LogP contribution in [0.15, 0.2) is 12.1 Å². The minimum absolute atomic E-state index is 0.219. The summed E-state index contributed by atoms with van der Waals surface area (Å²) in [5.74, 6) is -2.54. The molecule has 1 N–H and O–H groups in total. The van der Waals surface area contributed by atoms with E-state index >= 15 is 0 Å². The summed E-state index contributed by atoms with van der Waals surface area (Å²) in [5, 5.41) is 3.07. The minimum atomic E-state index is -1.63. The molecule has 0 aliphatic carbocycles.